The largest absolute Gasteiger partial charge is 0.361 e. The maximum atomic E-state index is 13.2. The van der Waals surface area contributed by atoms with Crippen molar-refractivity contribution < 1.29 is 9.32 Å². The first-order chi connectivity index (χ1) is 13.1. The van der Waals surface area contributed by atoms with Crippen molar-refractivity contribution in [2.45, 2.75) is 13.5 Å². The number of aromatic nitrogens is 2. The van der Waals surface area contributed by atoms with Gasteiger partial charge >= 0.3 is 0 Å². The molecule has 6 nitrogen and oxygen atoms in total. The summed E-state index contributed by atoms with van der Waals surface area (Å²) in [6.07, 6.45) is 1.42. The van der Waals surface area contributed by atoms with Gasteiger partial charge in [-0.3, -0.25) is 9.59 Å². The van der Waals surface area contributed by atoms with E-state index in [0.29, 0.717) is 11.3 Å². The highest BCUT2D eigenvalue weighted by Gasteiger charge is 2.23. The van der Waals surface area contributed by atoms with E-state index in [1.54, 1.807) is 11.8 Å². The summed E-state index contributed by atoms with van der Waals surface area (Å²) in [6.45, 7) is 1.95. The normalized spacial score (nSPS) is 10.9. The smallest absolute Gasteiger partial charge is 0.263 e. The fourth-order valence-electron chi connectivity index (χ4n) is 3.12. The zero-order valence-corrected chi connectivity index (χ0v) is 14.7. The fourth-order valence-corrected chi connectivity index (χ4v) is 3.12. The van der Waals surface area contributed by atoms with Crippen LogP contribution < -0.4 is 10.5 Å². The van der Waals surface area contributed by atoms with Crippen LogP contribution in [0.4, 0.5) is 5.69 Å². The molecular weight excluding hydrogens is 342 g/mol. The SMILES string of the molecule is Cc1oncc1C(=O)N(Cc1cc(=O)[nH]c2ccccc12)c1ccccc1. The second-order valence-corrected chi connectivity index (χ2v) is 6.23. The first-order valence-electron chi connectivity index (χ1n) is 8.52. The summed E-state index contributed by atoms with van der Waals surface area (Å²) >= 11 is 0. The molecule has 0 aliphatic rings. The number of para-hydroxylation sites is 2. The summed E-state index contributed by atoms with van der Waals surface area (Å²) in [7, 11) is 0. The first kappa shape index (κ1) is 16.8. The van der Waals surface area contributed by atoms with Crippen molar-refractivity contribution in [1.29, 1.82) is 0 Å². The summed E-state index contributed by atoms with van der Waals surface area (Å²) in [5.74, 6) is 0.223. The van der Waals surface area contributed by atoms with E-state index in [4.69, 9.17) is 4.52 Å². The predicted molar refractivity (Wildman–Crippen MR) is 103 cm³/mol. The highest BCUT2D eigenvalue weighted by molar-refractivity contribution is 6.06. The number of nitrogens with one attached hydrogen (secondary N) is 1. The molecule has 0 spiro atoms. The van der Waals surface area contributed by atoms with Gasteiger partial charge in [-0.05, 0) is 30.7 Å². The standard InChI is InChI=1S/C21H17N3O3/c1-14-18(12-22-27-14)21(26)24(16-7-3-2-4-8-16)13-15-11-20(25)23-19-10-6-5-9-17(15)19/h2-12H,13H2,1H3,(H,23,25). The van der Waals surface area contributed by atoms with Gasteiger partial charge in [0.05, 0.1) is 12.7 Å². The molecule has 0 fully saturated rings. The van der Waals surface area contributed by atoms with Crippen molar-refractivity contribution in [3.05, 3.63) is 94.1 Å². The molecule has 0 saturated heterocycles. The maximum Gasteiger partial charge on any atom is 0.263 e. The molecule has 0 aliphatic heterocycles. The Balaban J connectivity index is 1.82. The lowest BCUT2D eigenvalue weighted by molar-refractivity contribution is 0.0983. The van der Waals surface area contributed by atoms with Crippen molar-refractivity contribution >= 4 is 22.5 Å². The Morgan fingerprint density at radius 1 is 1.11 bits per heavy atom. The van der Waals surface area contributed by atoms with Crippen molar-refractivity contribution in [1.82, 2.24) is 10.1 Å². The number of nitrogens with zero attached hydrogens (tertiary/aromatic N) is 2. The van der Waals surface area contributed by atoms with Crippen LogP contribution in [0.1, 0.15) is 21.7 Å². The molecule has 134 valence electrons. The third kappa shape index (κ3) is 3.25. The van der Waals surface area contributed by atoms with Gasteiger partial charge in [0.15, 0.2) is 0 Å². The number of rotatable bonds is 4. The van der Waals surface area contributed by atoms with Crippen LogP contribution in [-0.4, -0.2) is 16.0 Å². The molecule has 0 saturated carbocycles. The van der Waals surface area contributed by atoms with Gasteiger partial charge in [0.2, 0.25) is 5.56 Å². The van der Waals surface area contributed by atoms with E-state index < -0.39 is 0 Å². The Morgan fingerprint density at radius 2 is 1.85 bits per heavy atom. The maximum absolute atomic E-state index is 13.2. The quantitative estimate of drug-likeness (QED) is 0.603. The number of carbonyl (C=O) groups is 1. The van der Waals surface area contributed by atoms with Crippen molar-refractivity contribution in [2.24, 2.45) is 0 Å². The van der Waals surface area contributed by atoms with E-state index in [1.165, 1.54) is 12.3 Å². The van der Waals surface area contributed by atoms with Crippen LogP contribution in [0, 0.1) is 6.92 Å². The summed E-state index contributed by atoms with van der Waals surface area (Å²) in [5.41, 5.74) is 2.42. The van der Waals surface area contributed by atoms with Gasteiger partial charge in [0.1, 0.15) is 11.3 Å². The summed E-state index contributed by atoms with van der Waals surface area (Å²) in [4.78, 5) is 29.7. The predicted octanol–water partition coefficient (Wildman–Crippen LogP) is 3.67. The van der Waals surface area contributed by atoms with Gasteiger partial charge in [0.25, 0.3) is 5.91 Å². The third-order valence-electron chi connectivity index (χ3n) is 4.46. The molecule has 0 unspecified atom stereocenters. The molecule has 0 bridgehead atoms. The van der Waals surface area contributed by atoms with Crippen LogP contribution in [-0.2, 0) is 6.54 Å². The number of aromatic amines is 1. The van der Waals surface area contributed by atoms with Crippen LogP contribution >= 0.6 is 0 Å². The number of benzene rings is 2. The molecule has 4 rings (SSSR count). The van der Waals surface area contributed by atoms with Gasteiger partial charge in [-0.1, -0.05) is 41.6 Å². The number of anilines is 1. The van der Waals surface area contributed by atoms with Crippen LogP contribution in [0.2, 0.25) is 0 Å². The Morgan fingerprint density at radius 3 is 2.59 bits per heavy atom. The van der Waals surface area contributed by atoms with E-state index in [9.17, 15) is 9.59 Å². The molecule has 1 amide bonds. The number of hydrogen-bond donors (Lipinski definition) is 1. The molecule has 0 radical (unpaired) electrons. The number of H-pyrrole nitrogens is 1. The lowest BCUT2D eigenvalue weighted by Crippen LogP contribution is -2.31. The fraction of sp³-hybridized carbons (Fsp3) is 0.0952. The number of carbonyl (C=O) groups excluding carboxylic acids is 1. The highest BCUT2D eigenvalue weighted by Crippen LogP contribution is 2.24. The number of fused-ring (bicyclic) bond motifs is 1. The highest BCUT2D eigenvalue weighted by atomic mass is 16.5. The van der Waals surface area contributed by atoms with E-state index >= 15 is 0 Å². The number of aryl methyl sites for hydroxylation is 1. The minimum absolute atomic E-state index is 0.203. The van der Waals surface area contributed by atoms with Gasteiger partial charge < -0.3 is 14.4 Å². The van der Waals surface area contributed by atoms with E-state index in [2.05, 4.69) is 10.1 Å². The summed E-state index contributed by atoms with van der Waals surface area (Å²) < 4.78 is 5.06. The summed E-state index contributed by atoms with van der Waals surface area (Å²) in [6, 6.07) is 18.4. The van der Waals surface area contributed by atoms with E-state index in [-0.39, 0.29) is 18.0 Å². The van der Waals surface area contributed by atoms with E-state index in [1.807, 2.05) is 54.6 Å². The van der Waals surface area contributed by atoms with Gasteiger partial charge in [-0.2, -0.15) is 0 Å². The van der Waals surface area contributed by atoms with Crippen LogP contribution in [0.15, 0.2) is 76.2 Å². The Kier molecular flexibility index (Phi) is 4.30. The first-order valence-corrected chi connectivity index (χ1v) is 8.52. The van der Waals surface area contributed by atoms with Gasteiger partial charge in [-0.15, -0.1) is 0 Å². The molecule has 2 aromatic heterocycles. The molecule has 0 aliphatic carbocycles. The molecular formula is C21H17N3O3. The topological polar surface area (TPSA) is 79.2 Å². The summed E-state index contributed by atoms with van der Waals surface area (Å²) in [5, 5.41) is 4.61. The Hall–Kier alpha value is -3.67. The van der Waals surface area contributed by atoms with Crippen molar-refractivity contribution in [3.63, 3.8) is 0 Å². The number of hydrogen-bond acceptors (Lipinski definition) is 4. The Labute approximate surface area is 155 Å². The number of amides is 1. The lowest BCUT2D eigenvalue weighted by Gasteiger charge is -2.23. The van der Waals surface area contributed by atoms with E-state index in [0.717, 1.165) is 22.2 Å². The minimum atomic E-state index is -0.232. The zero-order valence-electron chi connectivity index (χ0n) is 14.7. The average molecular weight is 359 g/mol. The second kappa shape index (κ2) is 6.92. The second-order valence-electron chi connectivity index (χ2n) is 6.23. The molecule has 2 aromatic carbocycles. The molecule has 6 heteroatoms. The molecule has 1 N–H and O–H groups in total. The monoisotopic (exact) mass is 359 g/mol. The van der Waals surface area contributed by atoms with Crippen LogP contribution in [0.5, 0.6) is 0 Å². The minimum Gasteiger partial charge on any atom is -0.361 e. The molecule has 27 heavy (non-hydrogen) atoms. The molecule has 2 heterocycles. The van der Waals surface area contributed by atoms with Gasteiger partial charge in [0, 0.05) is 22.7 Å². The zero-order chi connectivity index (χ0) is 18.8. The lowest BCUT2D eigenvalue weighted by atomic mass is 10.1. The Bertz CT molecular complexity index is 1160. The molecule has 4 aromatic rings. The third-order valence-corrected chi connectivity index (χ3v) is 4.46. The van der Waals surface area contributed by atoms with Crippen LogP contribution in [0.3, 0.4) is 0 Å². The van der Waals surface area contributed by atoms with Crippen molar-refractivity contribution in [3.8, 4) is 0 Å². The number of pyridine rings is 1. The molecule has 0 atom stereocenters. The average Bonchev–Trinajstić information content (AvgIpc) is 3.12. The van der Waals surface area contributed by atoms with Crippen molar-refractivity contribution in [2.75, 3.05) is 4.90 Å². The van der Waals surface area contributed by atoms with Crippen LogP contribution in [0.25, 0.3) is 10.9 Å². The van der Waals surface area contributed by atoms with Gasteiger partial charge in [-0.25, -0.2) is 0 Å².